The Bertz CT molecular complexity index is 693. The molecule has 25 heavy (non-hydrogen) atoms. The molecule has 1 atom stereocenters. The first-order valence-corrected chi connectivity index (χ1v) is 8.41. The number of hydrogen-bond acceptors (Lipinski definition) is 3. The number of hydrogen-bond donors (Lipinski definition) is 2. The predicted molar refractivity (Wildman–Crippen MR) is 100 cm³/mol. The van der Waals surface area contributed by atoms with Crippen LogP contribution < -0.4 is 5.73 Å². The molecule has 0 aliphatic carbocycles. The van der Waals surface area contributed by atoms with Crippen molar-refractivity contribution in [2.24, 2.45) is 5.73 Å². The number of ether oxygens (including phenoxy) is 1. The summed E-state index contributed by atoms with van der Waals surface area (Å²) in [6.45, 7) is 3.32. The van der Waals surface area contributed by atoms with E-state index < -0.39 is 12.0 Å². The average molecular weight is 339 g/mol. The van der Waals surface area contributed by atoms with Gasteiger partial charge in [-0.1, -0.05) is 66.2 Å². The van der Waals surface area contributed by atoms with Crippen LogP contribution in [0.25, 0.3) is 6.08 Å². The van der Waals surface area contributed by atoms with Gasteiger partial charge in [0.15, 0.2) is 0 Å². The molecule has 0 heterocycles. The zero-order valence-electron chi connectivity index (χ0n) is 14.5. The highest BCUT2D eigenvalue weighted by molar-refractivity contribution is 5.73. The van der Waals surface area contributed by atoms with E-state index in [1.807, 2.05) is 42.5 Å². The van der Waals surface area contributed by atoms with Crippen LogP contribution in [0.4, 0.5) is 0 Å². The van der Waals surface area contributed by atoms with E-state index in [1.54, 1.807) is 0 Å². The van der Waals surface area contributed by atoms with Gasteiger partial charge in [-0.05, 0) is 36.5 Å². The van der Waals surface area contributed by atoms with Crippen LogP contribution in [0.15, 0.2) is 60.2 Å². The Morgan fingerprint density at radius 2 is 1.76 bits per heavy atom. The Morgan fingerprint density at radius 1 is 1.12 bits per heavy atom. The van der Waals surface area contributed by atoms with Crippen LogP contribution in [0.1, 0.15) is 30.0 Å². The highest BCUT2D eigenvalue weighted by atomic mass is 16.5. The van der Waals surface area contributed by atoms with Crippen molar-refractivity contribution in [3.05, 3.63) is 76.9 Å². The summed E-state index contributed by atoms with van der Waals surface area (Å²) in [4.78, 5) is 10.8. The SMILES string of the molecule is CC(=Cc1ccccc1)CCOCc1ccc(CC(N)C(=O)O)cc1. The van der Waals surface area contributed by atoms with E-state index >= 15 is 0 Å². The van der Waals surface area contributed by atoms with Crippen LogP contribution in [-0.4, -0.2) is 23.7 Å². The number of carbonyl (C=O) groups is 1. The van der Waals surface area contributed by atoms with Gasteiger partial charge in [-0.25, -0.2) is 0 Å². The molecule has 0 saturated carbocycles. The standard InChI is InChI=1S/C21H25NO3/c1-16(13-17-5-3-2-4-6-17)11-12-25-15-19-9-7-18(8-10-19)14-20(22)21(23)24/h2-10,13,20H,11-12,14-15,22H2,1H3,(H,23,24). The molecule has 3 N–H and O–H groups in total. The van der Waals surface area contributed by atoms with Crippen LogP contribution in [0, 0.1) is 0 Å². The molecule has 1 unspecified atom stereocenters. The van der Waals surface area contributed by atoms with Crippen LogP contribution in [0.2, 0.25) is 0 Å². The molecule has 2 aromatic carbocycles. The lowest BCUT2D eigenvalue weighted by atomic mass is 10.1. The molecule has 4 heteroatoms. The summed E-state index contributed by atoms with van der Waals surface area (Å²) in [5.41, 5.74) is 10.0. The first-order chi connectivity index (χ1) is 12.0. The molecule has 0 spiro atoms. The van der Waals surface area contributed by atoms with Crippen molar-refractivity contribution in [3.63, 3.8) is 0 Å². The number of nitrogens with two attached hydrogens (primary N) is 1. The topological polar surface area (TPSA) is 72.5 Å². The number of rotatable bonds is 9. The molecular weight excluding hydrogens is 314 g/mol. The molecular formula is C21H25NO3. The highest BCUT2D eigenvalue weighted by Gasteiger charge is 2.11. The van der Waals surface area contributed by atoms with Gasteiger partial charge < -0.3 is 15.6 Å². The summed E-state index contributed by atoms with van der Waals surface area (Å²) >= 11 is 0. The van der Waals surface area contributed by atoms with Gasteiger partial charge in [0.1, 0.15) is 6.04 Å². The van der Waals surface area contributed by atoms with Gasteiger partial charge in [0.05, 0.1) is 13.2 Å². The van der Waals surface area contributed by atoms with Gasteiger partial charge in [0.25, 0.3) is 0 Å². The van der Waals surface area contributed by atoms with Crippen molar-refractivity contribution in [2.75, 3.05) is 6.61 Å². The lowest BCUT2D eigenvalue weighted by molar-refractivity contribution is -0.138. The fourth-order valence-electron chi connectivity index (χ4n) is 2.44. The van der Waals surface area contributed by atoms with Crippen molar-refractivity contribution in [2.45, 2.75) is 32.4 Å². The van der Waals surface area contributed by atoms with Crippen molar-refractivity contribution in [1.29, 1.82) is 0 Å². The molecule has 0 saturated heterocycles. The Kier molecular flexibility index (Phi) is 7.38. The second-order valence-corrected chi connectivity index (χ2v) is 6.17. The van der Waals surface area contributed by atoms with Crippen LogP contribution >= 0.6 is 0 Å². The minimum Gasteiger partial charge on any atom is -0.480 e. The minimum atomic E-state index is -0.980. The van der Waals surface area contributed by atoms with Gasteiger partial charge in [-0.2, -0.15) is 0 Å². The number of carboxylic acid groups (broad SMARTS) is 1. The third-order valence-electron chi connectivity index (χ3n) is 3.92. The molecule has 4 nitrogen and oxygen atoms in total. The van der Waals surface area contributed by atoms with Gasteiger partial charge in [0, 0.05) is 0 Å². The number of benzene rings is 2. The summed E-state index contributed by atoms with van der Waals surface area (Å²) in [5, 5.41) is 8.83. The zero-order chi connectivity index (χ0) is 18.1. The molecule has 2 rings (SSSR count). The van der Waals surface area contributed by atoms with Gasteiger partial charge >= 0.3 is 5.97 Å². The van der Waals surface area contributed by atoms with Gasteiger partial charge in [0.2, 0.25) is 0 Å². The quantitative estimate of drug-likeness (QED) is 0.684. The first-order valence-electron chi connectivity index (χ1n) is 8.41. The number of carboxylic acids is 1. The van der Waals surface area contributed by atoms with E-state index in [1.165, 1.54) is 11.1 Å². The largest absolute Gasteiger partial charge is 0.480 e. The van der Waals surface area contributed by atoms with Gasteiger partial charge in [-0.3, -0.25) is 4.79 Å². The lowest BCUT2D eigenvalue weighted by Gasteiger charge is -2.08. The van der Waals surface area contributed by atoms with Crippen LogP contribution in [0.3, 0.4) is 0 Å². The fourth-order valence-corrected chi connectivity index (χ4v) is 2.44. The van der Waals surface area contributed by atoms with Crippen LogP contribution in [0.5, 0.6) is 0 Å². The summed E-state index contributed by atoms with van der Waals surface area (Å²) in [5.74, 6) is -0.980. The van der Waals surface area contributed by atoms with Crippen LogP contribution in [-0.2, 0) is 22.6 Å². The Morgan fingerprint density at radius 3 is 2.40 bits per heavy atom. The minimum absolute atomic E-state index is 0.333. The van der Waals surface area contributed by atoms with Crippen molar-refractivity contribution >= 4 is 12.0 Å². The van der Waals surface area contributed by atoms with E-state index in [-0.39, 0.29) is 0 Å². The summed E-state index contributed by atoms with van der Waals surface area (Å²) < 4.78 is 5.73. The summed E-state index contributed by atoms with van der Waals surface area (Å²) in [6.07, 6.45) is 3.39. The van der Waals surface area contributed by atoms with Gasteiger partial charge in [-0.15, -0.1) is 0 Å². The normalized spacial score (nSPS) is 12.8. The monoisotopic (exact) mass is 339 g/mol. The molecule has 132 valence electrons. The molecule has 0 fully saturated rings. The highest BCUT2D eigenvalue weighted by Crippen LogP contribution is 2.11. The number of aliphatic carboxylic acids is 1. The molecule has 0 bridgehead atoms. The maximum atomic E-state index is 10.8. The fraction of sp³-hybridized carbons (Fsp3) is 0.286. The van der Waals surface area contributed by atoms with E-state index in [2.05, 4.69) is 25.1 Å². The molecule has 0 aliphatic rings. The van der Waals surface area contributed by atoms with E-state index in [0.29, 0.717) is 19.6 Å². The summed E-state index contributed by atoms with van der Waals surface area (Å²) in [6, 6.07) is 17.1. The second kappa shape index (κ2) is 9.77. The Hall–Kier alpha value is -2.43. The molecule has 2 aromatic rings. The average Bonchev–Trinajstić information content (AvgIpc) is 2.61. The van der Waals surface area contributed by atoms with E-state index in [4.69, 9.17) is 15.6 Å². The van der Waals surface area contributed by atoms with Crippen molar-refractivity contribution < 1.29 is 14.6 Å². The maximum absolute atomic E-state index is 10.8. The van der Waals surface area contributed by atoms with Crippen molar-refractivity contribution in [3.8, 4) is 0 Å². The molecule has 0 radical (unpaired) electrons. The second-order valence-electron chi connectivity index (χ2n) is 6.17. The Labute approximate surface area is 148 Å². The molecule has 0 aliphatic heterocycles. The first kappa shape index (κ1) is 18.9. The third kappa shape index (κ3) is 6.91. The van der Waals surface area contributed by atoms with E-state index in [9.17, 15) is 4.79 Å². The smallest absolute Gasteiger partial charge is 0.320 e. The molecule has 0 amide bonds. The van der Waals surface area contributed by atoms with E-state index in [0.717, 1.165) is 17.5 Å². The molecule has 0 aromatic heterocycles. The summed E-state index contributed by atoms with van der Waals surface area (Å²) in [7, 11) is 0. The lowest BCUT2D eigenvalue weighted by Crippen LogP contribution is -2.32. The van der Waals surface area contributed by atoms with Crippen molar-refractivity contribution in [1.82, 2.24) is 0 Å². The zero-order valence-corrected chi connectivity index (χ0v) is 14.5. The third-order valence-corrected chi connectivity index (χ3v) is 3.92. The Balaban J connectivity index is 1.73. The maximum Gasteiger partial charge on any atom is 0.320 e. The predicted octanol–water partition coefficient (Wildman–Crippen LogP) is 3.65.